The Bertz CT molecular complexity index is 1170. The van der Waals surface area contributed by atoms with Gasteiger partial charge in [-0.05, 0) is 61.4 Å². The molecule has 2 atom stereocenters. The fraction of sp³-hybridized carbons (Fsp3) is 0.500. The lowest BCUT2D eigenvalue weighted by Gasteiger charge is -2.36. The van der Waals surface area contributed by atoms with Crippen molar-refractivity contribution in [3.8, 4) is 0 Å². The molecule has 1 fully saturated rings. The molecule has 0 saturated carbocycles. The Morgan fingerprint density at radius 3 is 2.61 bits per heavy atom. The van der Waals surface area contributed by atoms with Crippen LogP contribution in [0.25, 0.3) is 10.2 Å². The molecule has 0 radical (unpaired) electrons. The number of fused-ring (bicyclic) bond motifs is 3. The summed E-state index contributed by atoms with van der Waals surface area (Å²) in [5.74, 6) is 2.65. The van der Waals surface area contributed by atoms with Crippen molar-refractivity contribution in [3.05, 3.63) is 51.9 Å². The molecule has 174 valence electrons. The summed E-state index contributed by atoms with van der Waals surface area (Å²) < 4.78 is 13.2. The van der Waals surface area contributed by atoms with E-state index in [-0.39, 0.29) is 11.7 Å². The minimum atomic E-state index is -0.324. The molecular weight excluding hydrogens is 435 g/mol. The monoisotopic (exact) mass is 466 g/mol. The lowest BCUT2D eigenvalue weighted by molar-refractivity contribution is 0.0746. The number of nitrogens with zero attached hydrogens (tertiary/aromatic N) is 4. The number of carbonyl (C=O) groups is 1. The summed E-state index contributed by atoms with van der Waals surface area (Å²) in [6, 6.07) is 5.82. The molecule has 0 bridgehead atoms. The first-order valence-electron chi connectivity index (χ1n) is 12.1. The predicted molar refractivity (Wildman–Crippen MR) is 132 cm³/mol. The smallest absolute Gasteiger partial charge is 0.253 e. The van der Waals surface area contributed by atoms with E-state index in [2.05, 4.69) is 25.7 Å². The van der Waals surface area contributed by atoms with Gasteiger partial charge in [-0.2, -0.15) is 0 Å². The fourth-order valence-corrected chi connectivity index (χ4v) is 6.25. The highest BCUT2D eigenvalue weighted by atomic mass is 32.1. The summed E-state index contributed by atoms with van der Waals surface area (Å²) in [6.45, 7) is 9.44. The number of piperazine rings is 1. The average molecular weight is 467 g/mol. The van der Waals surface area contributed by atoms with Crippen LogP contribution in [-0.2, 0) is 12.8 Å². The first-order chi connectivity index (χ1) is 15.9. The van der Waals surface area contributed by atoms with Gasteiger partial charge in [-0.15, -0.1) is 11.3 Å². The van der Waals surface area contributed by atoms with Gasteiger partial charge in [-0.1, -0.05) is 20.8 Å². The largest absolute Gasteiger partial charge is 0.352 e. The molecule has 2 aliphatic rings. The first-order valence-corrected chi connectivity index (χ1v) is 12.9. The van der Waals surface area contributed by atoms with Crippen LogP contribution in [0.1, 0.15) is 66.2 Å². The number of halogens is 1. The van der Waals surface area contributed by atoms with E-state index in [4.69, 9.17) is 9.97 Å². The maximum absolute atomic E-state index is 13.2. The molecule has 33 heavy (non-hydrogen) atoms. The van der Waals surface area contributed by atoms with Crippen LogP contribution in [0.4, 0.5) is 10.2 Å². The Kier molecular flexibility index (Phi) is 6.08. The van der Waals surface area contributed by atoms with Crippen molar-refractivity contribution in [2.45, 2.75) is 52.4 Å². The standard InChI is InChI=1S/C26H31FN4OS/c1-4-17(3)23-28-24(22-20-10-5-16(2)15-21(20)33-25(22)29-23)30-11-13-31(14-12-30)26(32)18-6-8-19(27)9-7-18/h6-9,16-17H,4-5,10-15H2,1-3H3/t16-,17-/m1/s1. The van der Waals surface area contributed by atoms with Crippen molar-refractivity contribution in [2.75, 3.05) is 31.1 Å². The number of amides is 1. The number of hydrogen-bond donors (Lipinski definition) is 0. The topological polar surface area (TPSA) is 49.3 Å². The molecule has 1 aromatic carbocycles. The number of hydrogen-bond acceptors (Lipinski definition) is 5. The van der Waals surface area contributed by atoms with Crippen LogP contribution >= 0.6 is 11.3 Å². The van der Waals surface area contributed by atoms with Crippen LogP contribution in [0, 0.1) is 11.7 Å². The van der Waals surface area contributed by atoms with Crippen LogP contribution in [0.2, 0.25) is 0 Å². The molecular formula is C26H31FN4OS. The fourth-order valence-electron chi connectivity index (χ4n) is 4.87. The van der Waals surface area contributed by atoms with Crippen LogP contribution in [-0.4, -0.2) is 47.0 Å². The predicted octanol–water partition coefficient (Wildman–Crippen LogP) is 5.43. The molecule has 3 aromatic rings. The highest BCUT2D eigenvalue weighted by Crippen LogP contribution is 2.42. The van der Waals surface area contributed by atoms with E-state index >= 15 is 0 Å². The van der Waals surface area contributed by atoms with Crippen molar-refractivity contribution in [1.82, 2.24) is 14.9 Å². The summed E-state index contributed by atoms with van der Waals surface area (Å²) in [5, 5.41) is 1.24. The van der Waals surface area contributed by atoms with E-state index in [0.717, 1.165) is 54.7 Å². The van der Waals surface area contributed by atoms with E-state index < -0.39 is 0 Å². The van der Waals surface area contributed by atoms with E-state index in [9.17, 15) is 9.18 Å². The molecule has 1 aliphatic carbocycles. The molecule has 0 N–H and O–H groups in total. The third-order valence-electron chi connectivity index (χ3n) is 7.16. The molecule has 1 amide bonds. The minimum Gasteiger partial charge on any atom is -0.352 e. The summed E-state index contributed by atoms with van der Waals surface area (Å²) in [6.07, 6.45) is 4.45. The minimum absolute atomic E-state index is 0.0373. The number of aryl methyl sites for hydroxylation is 1. The van der Waals surface area contributed by atoms with Crippen LogP contribution in [0.15, 0.2) is 24.3 Å². The van der Waals surface area contributed by atoms with Gasteiger partial charge >= 0.3 is 0 Å². The van der Waals surface area contributed by atoms with Crippen LogP contribution < -0.4 is 4.90 Å². The van der Waals surface area contributed by atoms with Gasteiger partial charge < -0.3 is 9.80 Å². The van der Waals surface area contributed by atoms with E-state index in [1.54, 1.807) is 12.1 Å². The number of carbonyl (C=O) groups excluding carboxylic acids is 1. The molecule has 0 unspecified atom stereocenters. The number of anilines is 1. The van der Waals surface area contributed by atoms with Gasteiger partial charge in [0.2, 0.25) is 0 Å². The Morgan fingerprint density at radius 2 is 1.91 bits per heavy atom. The Balaban J connectivity index is 1.44. The zero-order valence-corrected chi connectivity index (χ0v) is 20.4. The van der Waals surface area contributed by atoms with Gasteiger partial charge in [0.15, 0.2) is 0 Å². The van der Waals surface area contributed by atoms with Gasteiger partial charge in [0, 0.05) is 42.5 Å². The summed E-state index contributed by atoms with van der Waals surface area (Å²) in [7, 11) is 0. The maximum Gasteiger partial charge on any atom is 0.253 e. The van der Waals surface area contributed by atoms with Crippen molar-refractivity contribution < 1.29 is 9.18 Å². The van der Waals surface area contributed by atoms with Crippen LogP contribution in [0.3, 0.4) is 0 Å². The Hall–Kier alpha value is -2.54. The van der Waals surface area contributed by atoms with E-state index in [0.29, 0.717) is 24.6 Å². The summed E-state index contributed by atoms with van der Waals surface area (Å²) in [5.41, 5.74) is 1.98. The maximum atomic E-state index is 13.2. The van der Waals surface area contributed by atoms with Gasteiger partial charge in [0.1, 0.15) is 22.3 Å². The molecule has 2 aromatic heterocycles. The van der Waals surface area contributed by atoms with E-state index in [1.807, 2.05) is 16.2 Å². The van der Waals surface area contributed by atoms with Crippen molar-refractivity contribution in [2.24, 2.45) is 5.92 Å². The zero-order chi connectivity index (χ0) is 23.1. The lowest BCUT2D eigenvalue weighted by Crippen LogP contribution is -2.49. The van der Waals surface area contributed by atoms with Gasteiger partial charge in [0.25, 0.3) is 5.91 Å². The quantitative estimate of drug-likeness (QED) is 0.514. The zero-order valence-electron chi connectivity index (χ0n) is 19.6. The summed E-state index contributed by atoms with van der Waals surface area (Å²) in [4.78, 5) is 29.8. The second-order valence-electron chi connectivity index (χ2n) is 9.53. The molecule has 1 aliphatic heterocycles. The molecule has 1 saturated heterocycles. The van der Waals surface area contributed by atoms with Crippen molar-refractivity contribution in [1.29, 1.82) is 0 Å². The third-order valence-corrected chi connectivity index (χ3v) is 8.31. The van der Waals surface area contributed by atoms with Crippen molar-refractivity contribution >= 4 is 33.3 Å². The molecule has 5 nitrogen and oxygen atoms in total. The Morgan fingerprint density at radius 1 is 1.18 bits per heavy atom. The summed E-state index contributed by atoms with van der Waals surface area (Å²) >= 11 is 1.85. The number of aromatic nitrogens is 2. The van der Waals surface area contributed by atoms with Gasteiger partial charge in [-0.25, -0.2) is 14.4 Å². The highest BCUT2D eigenvalue weighted by molar-refractivity contribution is 7.19. The normalized spacial score (nSPS) is 19.6. The second-order valence-corrected chi connectivity index (χ2v) is 10.6. The molecule has 5 rings (SSSR count). The molecule has 0 spiro atoms. The van der Waals surface area contributed by atoms with E-state index in [1.165, 1.54) is 34.4 Å². The van der Waals surface area contributed by atoms with Gasteiger partial charge in [0.05, 0.1) is 5.39 Å². The second kappa shape index (κ2) is 9.01. The number of rotatable bonds is 4. The average Bonchev–Trinajstić information content (AvgIpc) is 3.20. The number of thiophene rings is 1. The number of benzene rings is 1. The van der Waals surface area contributed by atoms with Crippen LogP contribution in [0.5, 0.6) is 0 Å². The first kappa shape index (κ1) is 22.3. The SMILES string of the molecule is CC[C@@H](C)c1nc(N2CCN(C(=O)c3ccc(F)cc3)CC2)c2c3c(sc2n1)C[C@H](C)CC3. The Labute approximate surface area is 198 Å². The molecule has 7 heteroatoms. The highest BCUT2D eigenvalue weighted by Gasteiger charge is 2.29. The molecule has 3 heterocycles. The van der Waals surface area contributed by atoms with Gasteiger partial charge in [-0.3, -0.25) is 4.79 Å². The van der Waals surface area contributed by atoms with Crippen molar-refractivity contribution in [3.63, 3.8) is 0 Å². The third kappa shape index (κ3) is 4.23. The lowest BCUT2D eigenvalue weighted by atomic mass is 9.89.